The predicted molar refractivity (Wildman–Crippen MR) is 78.8 cm³/mol. The molecule has 0 heterocycles. The van der Waals surface area contributed by atoms with Gasteiger partial charge in [0.1, 0.15) is 0 Å². The van der Waals surface area contributed by atoms with Crippen molar-refractivity contribution in [2.75, 3.05) is 0 Å². The zero-order chi connectivity index (χ0) is 13.3. The van der Waals surface area contributed by atoms with E-state index in [-0.39, 0.29) is 6.04 Å². The van der Waals surface area contributed by atoms with Gasteiger partial charge in [-0.05, 0) is 61.3 Å². The molecule has 0 bridgehead atoms. The lowest BCUT2D eigenvalue weighted by molar-refractivity contribution is 0.170. The van der Waals surface area contributed by atoms with Crippen LogP contribution in [0.2, 0.25) is 0 Å². The molecule has 100 valence electrons. The molecule has 0 aliphatic heterocycles. The molecule has 18 heavy (non-hydrogen) atoms. The molecule has 1 aromatic rings. The number of hydrogen-bond acceptors (Lipinski definition) is 1. The normalized spacial score (nSPS) is 20.7. The first-order valence-electron chi connectivity index (χ1n) is 7.27. The van der Waals surface area contributed by atoms with Gasteiger partial charge < -0.3 is 5.73 Å². The molecule has 0 saturated heterocycles. The summed E-state index contributed by atoms with van der Waals surface area (Å²) < 4.78 is 0. The van der Waals surface area contributed by atoms with E-state index in [9.17, 15) is 0 Å². The molecule has 1 aliphatic rings. The second-order valence-corrected chi connectivity index (χ2v) is 6.49. The minimum atomic E-state index is 0.192. The van der Waals surface area contributed by atoms with Gasteiger partial charge in [-0.1, -0.05) is 38.3 Å². The third-order valence-electron chi connectivity index (χ3n) is 4.96. The molecule has 1 unspecified atom stereocenters. The largest absolute Gasteiger partial charge is 0.323 e. The van der Waals surface area contributed by atoms with Gasteiger partial charge in [-0.25, -0.2) is 0 Å². The lowest BCUT2D eigenvalue weighted by Gasteiger charge is -2.39. The fraction of sp³-hybridized carbons (Fsp3) is 0.647. The predicted octanol–water partition coefficient (Wildman–Crippen LogP) is 4.58. The molecular weight excluding hydrogens is 218 g/mol. The molecule has 0 amide bonds. The van der Waals surface area contributed by atoms with Gasteiger partial charge in [0.2, 0.25) is 0 Å². The summed E-state index contributed by atoms with van der Waals surface area (Å²) in [5.41, 5.74) is 12.4. The summed E-state index contributed by atoms with van der Waals surface area (Å²) in [6, 6.07) is 4.79. The van der Waals surface area contributed by atoms with Crippen molar-refractivity contribution in [3.63, 3.8) is 0 Å². The van der Waals surface area contributed by atoms with Crippen molar-refractivity contribution in [3.8, 4) is 0 Å². The first-order valence-corrected chi connectivity index (χ1v) is 7.27. The third-order valence-corrected chi connectivity index (χ3v) is 4.96. The number of hydrogen-bond donors (Lipinski definition) is 1. The van der Waals surface area contributed by atoms with E-state index in [1.54, 1.807) is 0 Å². The fourth-order valence-corrected chi connectivity index (χ4v) is 3.36. The van der Waals surface area contributed by atoms with Crippen molar-refractivity contribution in [2.24, 2.45) is 11.1 Å². The molecule has 1 fully saturated rings. The minimum Gasteiger partial charge on any atom is -0.323 e. The Morgan fingerprint density at radius 2 is 1.50 bits per heavy atom. The van der Waals surface area contributed by atoms with Crippen molar-refractivity contribution >= 4 is 0 Å². The molecule has 1 heteroatoms. The van der Waals surface area contributed by atoms with Crippen molar-refractivity contribution < 1.29 is 0 Å². The Morgan fingerprint density at radius 1 is 0.944 bits per heavy atom. The highest BCUT2D eigenvalue weighted by atomic mass is 14.7. The van der Waals surface area contributed by atoms with Crippen LogP contribution in [0.3, 0.4) is 0 Å². The van der Waals surface area contributed by atoms with Crippen LogP contribution in [0, 0.1) is 26.2 Å². The summed E-state index contributed by atoms with van der Waals surface area (Å²) >= 11 is 0. The molecule has 1 atom stereocenters. The quantitative estimate of drug-likeness (QED) is 0.810. The van der Waals surface area contributed by atoms with Gasteiger partial charge in [0.05, 0.1) is 0 Å². The Labute approximate surface area is 112 Å². The molecule has 0 spiro atoms. The van der Waals surface area contributed by atoms with E-state index in [1.165, 1.54) is 54.4 Å². The molecule has 1 aromatic carbocycles. The van der Waals surface area contributed by atoms with Gasteiger partial charge in [0.25, 0.3) is 0 Å². The lowest BCUT2D eigenvalue weighted by atomic mass is 9.68. The molecular formula is C17H27N. The zero-order valence-corrected chi connectivity index (χ0v) is 12.3. The Kier molecular flexibility index (Phi) is 3.82. The van der Waals surface area contributed by atoms with Gasteiger partial charge in [-0.2, -0.15) is 0 Å². The summed E-state index contributed by atoms with van der Waals surface area (Å²) in [5, 5.41) is 0. The standard InChI is InChI=1S/C17H27N/c1-12-10-14(3)15(11-13(12)2)16(18)17(4)8-6-5-7-9-17/h10-11,16H,5-9,18H2,1-4H3. The van der Waals surface area contributed by atoms with Crippen molar-refractivity contribution in [1.29, 1.82) is 0 Å². The number of benzene rings is 1. The van der Waals surface area contributed by atoms with Crippen molar-refractivity contribution in [1.82, 2.24) is 0 Å². The van der Waals surface area contributed by atoms with Crippen LogP contribution in [0.5, 0.6) is 0 Å². The van der Waals surface area contributed by atoms with Crippen LogP contribution in [0.1, 0.15) is 67.3 Å². The second kappa shape index (κ2) is 5.05. The van der Waals surface area contributed by atoms with E-state index in [1.807, 2.05) is 0 Å². The van der Waals surface area contributed by atoms with Gasteiger partial charge >= 0.3 is 0 Å². The Hall–Kier alpha value is -0.820. The molecule has 0 radical (unpaired) electrons. The maximum atomic E-state index is 6.62. The maximum absolute atomic E-state index is 6.62. The van der Waals surface area contributed by atoms with Crippen LogP contribution in [-0.4, -0.2) is 0 Å². The Morgan fingerprint density at radius 3 is 2.11 bits per heavy atom. The Bertz CT molecular complexity index is 427. The third kappa shape index (κ3) is 2.47. The van der Waals surface area contributed by atoms with E-state index >= 15 is 0 Å². The molecule has 2 rings (SSSR count). The summed E-state index contributed by atoms with van der Waals surface area (Å²) in [5.74, 6) is 0. The number of rotatable bonds is 2. The molecule has 1 aliphatic carbocycles. The SMILES string of the molecule is Cc1cc(C)c(C(N)C2(C)CCCCC2)cc1C. The van der Waals surface area contributed by atoms with Gasteiger partial charge in [-0.3, -0.25) is 0 Å². The average molecular weight is 245 g/mol. The van der Waals surface area contributed by atoms with E-state index in [0.29, 0.717) is 5.41 Å². The highest BCUT2D eigenvalue weighted by Crippen LogP contribution is 2.45. The van der Waals surface area contributed by atoms with Gasteiger partial charge in [0, 0.05) is 6.04 Å². The van der Waals surface area contributed by atoms with Crippen molar-refractivity contribution in [2.45, 2.75) is 65.8 Å². The smallest absolute Gasteiger partial charge is 0.0352 e. The van der Waals surface area contributed by atoms with E-state index in [4.69, 9.17) is 5.73 Å². The summed E-state index contributed by atoms with van der Waals surface area (Å²) in [6.45, 7) is 8.95. The highest BCUT2D eigenvalue weighted by molar-refractivity contribution is 5.38. The maximum Gasteiger partial charge on any atom is 0.0352 e. The lowest BCUT2D eigenvalue weighted by Crippen LogP contribution is -2.34. The van der Waals surface area contributed by atoms with Crippen LogP contribution in [0.25, 0.3) is 0 Å². The second-order valence-electron chi connectivity index (χ2n) is 6.49. The monoisotopic (exact) mass is 245 g/mol. The first kappa shape index (κ1) is 13.6. The summed E-state index contributed by atoms with van der Waals surface area (Å²) in [7, 11) is 0. The van der Waals surface area contributed by atoms with Gasteiger partial charge in [-0.15, -0.1) is 0 Å². The van der Waals surface area contributed by atoms with Crippen molar-refractivity contribution in [3.05, 3.63) is 34.4 Å². The summed E-state index contributed by atoms with van der Waals surface area (Å²) in [6.07, 6.45) is 6.62. The van der Waals surface area contributed by atoms with Crippen LogP contribution < -0.4 is 5.73 Å². The topological polar surface area (TPSA) is 26.0 Å². The molecule has 1 nitrogen and oxygen atoms in total. The Balaban J connectivity index is 2.33. The van der Waals surface area contributed by atoms with E-state index in [0.717, 1.165) is 0 Å². The molecule has 2 N–H and O–H groups in total. The molecule has 1 saturated carbocycles. The first-order chi connectivity index (χ1) is 8.44. The minimum absolute atomic E-state index is 0.192. The number of aryl methyl sites for hydroxylation is 3. The van der Waals surface area contributed by atoms with Crippen LogP contribution >= 0.6 is 0 Å². The number of nitrogens with two attached hydrogens (primary N) is 1. The fourth-order valence-electron chi connectivity index (χ4n) is 3.36. The average Bonchev–Trinajstić information content (AvgIpc) is 2.34. The van der Waals surface area contributed by atoms with Crippen LogP contribution in [0.15, 0.2) is 12.1 Å². The van der Waals surface area contributed by atoms with E-state index < -0.39 is 0 Å². The van der Waals surface area contributed by atoms with Crippen LogP contribution in [0.4, 0.5) is 0 Å². The van der Waals surface area contributed by atoms with E-state index in [2.05, 4.69) is 39.8 Å². The summed E-state index contributed by atoms with van der Waals surface area (Å²) in [4.78, 5) is 0. The zero-order valence-electron chi connectivity index (χ0n) is 12.3. The van der Waals surface area contributed by atoms with Crippen LogP contribution in [-0.2, 0) is 0 Å². The van der Waals surface area contributed by atoms with Gasteiger partial charge in [0.15, 0.2) is 0 Å². The highest BCUT2D eigenvalue weighted by Gasteiger charge is 2.34. The molecule has 0 aromatic heterocycles.